The van der Waals surface area contributed by atoms with E-state index >= 15 is 0 Å². The molecule has 1 fully saturated rings. The van der Waals surface area contributed by atoms with Gasteiger partial charge in [0.25, 0.3) is 0 Å². The van der Waals surface area contributed by atoms with E-state index in [4.69, 9.17) is 10.5 Å². The Kier molecular flexibility index (Phi) is 3.29. The summed E-state index contributed by atoms with van der Waals surface area (Å²) in [4.78, 5) is 0. The monoisotopic (exact) mass is 245 g/mol. The molecule has 3 unspecified atom stereocenters. The van der Waals surface area contributed by atoms with Crippen LogP contribution in [0.1, 0.15) is 49.8 Å². The molecule has 0 spiro atoms. The van der Waals surface area contributed by atoms with Gasteiger partial charge in [-0.3, -0.25) is 0 Å². The van der Waals surface area contributed by atoms with E-state index in [0.717, 1.165) is 31.1 Å². The summed E-state index contributed by atoms with van der Waals surface area (Å²) in [5, 5.41) is 0. The number of nitrogens with two attached hydrogens (primary N) is 1. The van der Waals surface area contributed by atoms with Crippen LogP contribution < -0.4 is 10.5 Å². The van der Waals surface area contributed by atoms with Crippen molar-refractivity contribution in [1.29, 1.82) is 0 Å². The predicted molar refractivity (Wildman–Crippen MR) is 73.7 cm³/mol. The average Bonchev–Trinajstić information content (AvgIpc) is 2.84. The quantitative estimate of drug-likeness (QED) is 0.866. The van der Waals surface area contributed by atoms with Crippen molar-refractivity contribution in [3.63, 3.8) is 0 Å². The summed E-state index contributed by atoms with van der Waals surface area (Å²) in [6, 6.07) is 6.64. The van der Waals surface area contributed by atoms with Gasteiger partial charge in [0.05, 0.1) is 6.61 Å². The van der Waals surface area contributed by atoms with Gasteiger partial charge in [-0.25, -0.2) is 0 Å². The number of aryl methyl sites for hydroxylation is 1. The highest BCUT2D eigenvalue weighted by Gasteiger charge is 2.30. The molecule has 1 aliphatic heterocycles. The second kappa shape index (κ2) is 4.93. The van der Waals surface area contributed by atoms with Gasteiger partial charge in [0.15, 0.2) is 0 Å². The fourth-order valence-electron chi connectivity index (χ4n) is 3.51. The lowest BCUT2D eigenvalue weighted by Gasteiger charge is -2.26. The first kappa shape index (κ1) is 12.0. The molecule has 0 saturated heterocycles. The highest BCUT2D eigenvalue weighted by atomic mass is 16.5. The van der Waals surface area contributed by atoms with Crippen molar-refractivity contribution >= 4 is 0 Å². The first-order valence-corrected chi connectivity index (χ1v) is 7.26. The summed E-state index contributed by atoms with van der Waals surface area (Å²) in [6.07, 6.45) is 6.13. The Labute approximate surface area is 110 Å². The van der Waals surface area contributed by atoms with E-state index in [1.165, 1.54) is 30.4 Å². The van der Waals surface area contributed by atoms with E-state index in [1.807, 2.05) is 0 Å². The molecule has 1 aromatic rings. The molecule has 2 aliphatic rings. The Hall–Kier alpha value is -1.02. The van der Waals surface area contributed by atoms with E-state index in [9.17, 15) is 0 Å². The molecule has 1 aliphatic carbocycles. The Morgan fingerprint density at radius 3 is 3.00 bits per heavy atom. The standard InChI is InChI=1S/C16H23NO/c1-11-7-8-13(10-11)15(17)14-6-2-4-12-5-3-9-18-16(12)14/h2,4,6,11,13,15H,3,5,7-10,17H2,1H3. The van der Waals surface area contributed by atoms with E-state index in [0.29, 0.717) is 5.92 Å². The Morgan fingerprint density at radius 2 is 2.22 bits per heavy atom. The Bertz CT molecular complexity index is 429. The van der Waals surface area contributed by atoms with Gasteiger partial charge in [0.2, 0.25) is 0 Å². The molecule has 1 aromatic carbocycles. The molecule has 1 saturated carbocycles. The lowest BCUT2D eigenvalue weighted by atomic mass is 9.89. The molecule has 2 heteroatoms. The van der Waals surface area contributed by atoms with Crippen LogP contribution in [0.2, 0.25) is 0 Å². The number of hydrogen-bond donors (Lipinski definition) is 1. The molecule has 2 nitrogen and oxygen atoms in total. The SMILES string of the molecule is CC1CCC(C(N)c2cccc3c2OCCC3)C1. The third-order valence-corrected chi connectivity index (χ3v) is 4.57. The molecule has 0 amide bonds. The molecule has 98 valence electrons. The number of rotatable bonds is 2. The van der Waals surface area contributed by atoms with Crippen LogP contribution >= 0.6 is 0 Å². The van der Waals surface area contributed by atoms with Gasteiger partial charge in [0, 0.05) is 11.6 Å². The van der Waals surface area contributed by atoms with Crippen molar-refractivity contribution in [3.8, 4) is 5.75 Å². The molecule has 2 N–H and O–H groups in total. The van der Waals surface area contributed by atoms with Crippen LogP contribution in [0.3, 0.4) is 0 Å². The highest BCUT2D eigenvalue weighted by molar-refractivity contribution is 5.44. The lowest BCUT2D eigenvalue weighted by Crippen LogP contribution is -2.22. The minimum Gasteiger partial charge on any atom is -0.493 e. The van der Waals surface area contributed by atoms with Gasteiger partial charge < -0.3 is 10.5 Å². The number of benzene rings is 1. The topological polar surface area (TPSA) is 35.2 Å². The van der Waals surface area contributed by atoms with Crippen molar-refractivity contribution in [1.82, 2.24) is 0 Å². The molecular formula is C16H23NO. The first-order chi connectivity index (χ1) is 8.75. The summed E-state index contributed by atoms with van der Waals surface area (Å²) in [5.41, 5.74) is 9.10. The third kappa shape index (κ3) is 2.14. The summed E-state index contributed by atoms with van der Waals surface area (Å²) >= 11 is 0. The van der Waals surface area contributed by atoms with Crippen LogP contribution in [0.25, 0.3) is 0 Å². The van der Waals surface area contributed by atoms with Crippen LogP contribution in [0, 0.1) is 11.8 Å². The summed E-state index contributed by atoms with van der Waals surface area (Å²) in [6.45, 7) is 3.18. The van der Waals surface area contributed by atoms with Crippen molar-refractivity contribution in [3.05, 3.63) is 29.3 Å². The predicted octanol–water partition coefficient (Wildman–Crippen LogP) is 3.45. The number of fused-ring (bicyclic) bond motifs is 1. The zero-order chi connectivity index (χ0) is 12.5. The van der Waals surface area contributed by atoms with Crippen LogP contribution in [-0.2, 0) is 6.42 Å². The third-order valence-electron chi connectivity index (χ3n) is 4.57. The summed E-state index contributed by atoms with van der Waals surface area (Å²) < 4.78 is 5.88. The zero-order valence-electron chi connectivity index (χ0n) is 11.2. The molecular weight excluding hydrogens is 222 g/mol. The fraction of sp³-hybridized carbons (Fsp3) is 0.625. The second-order valence-electron chi connectivity index (χ2n) is 5.99. The molecule has 3 atom stereocenters. The fourth-order valence-corrected chi connectivity index (χ4v) is 3.51. The summed E-state index contributed by atoms with van der Waals surface area (Å²) in [7, 11) is 0. The molecule has 0 bridgehead atoms. The van der Waals surface area contributed by atoms with E-state index < -0.39 is 0 Å². The Balaban J connectivity index is 1.87. The number of ether oxygens (including phenoxy) is 1. The maximum absolute atomic E-state index is 6.51. The highest BCUT2D eigenvalue weighted by Crippen LogP contribution is 2.41. The number of hydrogen-bond acceptors (Lipinski definition) is 2. The van der Waals surface area contributed by atoms with Gasteiger partial charge in [-0.2, -0.15) is 0 Å². The van der Waals surface area contributed by atoms with Gasteiger partial charge in [-0.1, -0.05) is 31.5 Å². The summed E-state index contributed by atoms with van der Waals surface area (Å²) in [5.74, 6) is 2.56. The normalized spacial score (nSPS) is 28.6. The van der Waals surface area contributed by atoms with Crippen LogP contribution in [0.15, 0.2) is 18.2 Å². The molecule has 1 heterocycles. The van der Waals surface area contributed by atoms with Gasteiger partial charge in [-0.05, 0) is 43.1 Å². The molecule has 0 aromatic heterocycles. The molecule has 0 radical (unpaired) electrons. The smallest absolute Gasteiger partial charge is 0.127 e. The molecule has 3 rings (SSSR count). The minimum atomic E-state index is 0.156. The second-order valence-corrected chi connectivity index (χ2v) is 5.99. The maximum Gasteiger partial charge on any atom is 0.127 e. The Morgan fingerprint density at radius 1 is 1.33 bits per heavy atom. The van der Waals surface area contributed by atoms with E-state index in [1.54, 1.807) is 0 Å². The first-order valence-electron chi connectivity index (χ1n) is 7.26. The largest absolute Gasteiger partial charge is 0.493 e. The van der Waals surface area contributed by atoms with Crippen LogP contribution in [0.4, 0.5) is 0 Å². The van der Waals surface area contributed by atoms with Crippen molar-refractivity contribution in [2.45, 2.75) is 45.1 Å². The zero-order valence-corrected chi connectivity index (χ0v) is 11.2. The van der Waals surface area contributed by atoms with Gasteiger partial charge >= 0.3 is 0 Å². The van der Waals surface area contributed by atoms with Crippen LogP contribution in [0.5, 0.6) is 5.75 Å². The lowest BCUT2D eigenvalue weighted by molar-refractivity contribution is 0.279. The van der Waals surface area contributed by atoms with Crippen molar-refractivity contribution in [2.75, 3.05) is 6.61 Å². The molecule has 18 heavy (non-hydrogen) atoms. The minimum absolute atomic E-state index is 0.156. The van der Waals surface area contributed by atoms with Crippen molar-refractivity contribution in [2.24, 2.45) is 17.6 Å². The van der Waals surface area contributed by atoms with E-state index in [2.05, 4.69) is 25.1 Å². The van der Waals surface area contributed by atoms with Gasteiger partial charge in [-0.15, -0.1) is 0 Å². The van der Waals surface area contributed by atoms with Crippen LogP contribution in [-0.4, -0.2) is 6.61 Å². The number of para-hydroxylation sites is 1. The van der Waals surface area contributed by atoms with Crippen molar-refractivity contribution < 1.29 is 4.74 Å². The average molecular weight is 245 g/mol. The maximum atomic E-state index is 6.51. The van der Waals surface area contributed by atoms with E-state index in [-0.39, 0.29) is 6.04 Å². The van der Waals surface area contributed by atoms with Gasteiger partial charge in [0.1, 0.15) is 5.75 Å².